The van der Waals surface area contributed by atoms with E-state index in [-0.39, 0.29) is 23.0 Å². The Morgan fingerprint density at radius 2 is 1.75 bits per heavy atom. The molecule has 0 N–H and O–H groups in total. The standard InChI is InChI=1S/C20H24Cl4O4/c21-15-12-14(26-11-8-19(23)24)13-16(22)20(15)28-10-5-1-4-9-27-18-7-3-2-6-17(18)25/h8,12-13,18H,1-7,9-11H2. The van der Waals surface area contributed by atoms with Crippen LogP contribution in [0.2, 0.25) is 10.0 Å². The van der Waals surface area contributed by atoms with Gasteiger partial charge in [0.1, 0.15) is 23.0 Å². The minimum Gasteiger partial charge on any atom is -0.490 e. The van der Waals surface area contributed by atoms with E-state index in [4.69, 9.17) is 60.6 Å². The largest absolute Gasteiger partial charge is 0.490 e. The van der Waals surface area contributed by atoms with E-state index in [1.165, 1.54) is 6.08 Å². The highest BCUT2D eigenvalue weighted by atomic mass is 35.5. The molecular weight excluding hydrogens is 446 g/mol. The SMILES string of the molecule is O=C1CCCCC1OCCCCCOc1c(Cl)cc(OCC=C(Cl)Cl)cc1Cl. The molecule has 1 atom stereocenters. The number of ether oxygens (including phenoxy) is 3. The molecule has 0 saturated heterocycles. The van der Waals surface area contributed by atoms with Crippen molar-refractivity contribution in [3.05, 3.63) is 32.7 Å². The monoisotopic (exact) mass is 468 g/mol. The molecule has 1 unspecified atom stereocenters. The van der Waals surface area contributed by atoms with Crippen LogP contribution in [0.25, 0.3) is 0 Å². The van der Waals surface area contributed by atoms with Crippen LogP contribution in [0.3, 0.4) is 0 Å². The molecule has 0 aromatic heterocycles. The quantitative estimate of drug-likeness (QED) is 0.335. The number of hydrogen-bond donors (Lipinski definition) is 0. The van der Waals surface area contributed by atoms with Gasteiger partial charge in [-0.05, 0) is 44.6 Å². The van der Waals surface area contributed by atoms with Crippen LogP contribution in [-0.4, -0.2) is 31.7 Å². The Bertz CT molecular complexity index is 651. The van der Waals surface area contributed by atoms with Crippen molar-refractivity contribution in [2.45, 2.75) is 51.0 Å². The van der Waals surface area contributed by atoms with Gasteiger partial charge in [-0.3, -0.25) is 4.79 Å². The minimum atomic E-state index is -0.195. The number of Topliss-reactive ketones (excluding diaryl/α,β-unsaturated/α-hetero) is 1. The Labute approximate surface area is 186 Å². The van der Waals surface area contributed by atoms with Crippen LogP contribution < -0.4 is 9.47 Å². The van der Waals surface area contributed by atoms with Crippen LogP contribution in [0.4, 0.5) is 0 Å². The van der Waals surface area contributed by atoms with Crippen LogP contribution >= 0.6 is 46.4 Å². The lowest BCUT2D eigenvalue weighted by atomic mass is 9.96. The minimum absolute atomic E-state index is 0.132. The number of benzene rings is 1. The van der Waals surface area contributed by atoms with Crippen LogP contribution in [-0.2, 0) is 9.53 Å². The maximum Gasteiger partial charge on any atom is 0.161 e. The number of halogens is 4. The maximum absolute atomic E-state index is 11.7. The smallest absolute Gasteiger partial charge is 0.161 e. The van der Waals surface area contributed by atoms with Gasteiger partial charge in [0, 0.05) is 25.2 Å². The fourth-order valence-electron chi connectivity index (χ4n) is 2.87. The third kappa shape index (κ3) is 8.38. The highest BCUT2D eigenvalue weighted by molar-refractivity contribution is 6.55. The van der Waals surface area contributed by atoms with E-state index < -0.39 is 0 Å². The molecule has 0 radical (unpaired) electrons. The van der Waals surface area contributed by atoms with Gasteiger partial charge in [-0.2, -0.15) is 0 Å². The zero-order valence-electron chi connectivity index (χ0n) is 15.5. The first kappa shape index (κ1) is 23.6. The number of unbranched alkanes of at least 4 members (excludes halogenated alkanes) is 2. The molecule has 156 valence electrons. The summed E-state index contributed by atoms with van der Waals surface area (Å²) in [5.74, 6) is 1.18. The summed E-state index contributed by atoms with van der Waals surface area (Å²) in [5, 5.41) is 0.755. The van der Waals surface area contributed by atoms with Gasteiger partial charge < -0.3 is 14.2 Å². The molecule has 2 rings (SSSR count). The molecule has 4 nitrogen and oxygen atoms in total. The van der Waals surface area contributed by atoms with E-state index >= 15 is 0 Å². The zero-order valence-corrected chi connectivity index (χ0v) is 18.5. The number of carbonyl (C=O) groups is 1. The summed E-state index contributed by atoms with van der Waals surface area (Å²) >= 11 is 23.5. The van der Waals surface area contributed by atoms with Crippen LogP contribution in [0.1, 0.15) is 44.9 Å². The number of carbonyl (C=O) groups excluding carboxylic acids is 1. The molecule has 1 aliphatic rings. The van der Waals surface area contributed by atoms with Crippen molar-refractivity contribution in [2.24, 2.45) is 0 Å². The Morgan fingerprint density at radius 3 is 2.43 bits per heavy atom. The Morgan fingerprint density at radius 1 is 1.04 bits per heavy atom. The van der Waals surface area contributed by atoms with E-state index in [9.17, 15) is 4.79 Å². The molecule has 1 aromatic rings. The lowest BCUT2D eigenvalue weighted by Gasteiger charge is -2.20. The molecule has 0 spiro atoms. The summed E-state index contributed by atoms with van der Waals surface area (Å²) in [6.07, 6.45) is 7.56. The van der Waals surface area contributed by atoms with Crippen molar-refractivity contribution in [3.63, 3.8) is 0 Å². The molecule has 0 bridgehead atoms. The average Bonchev–Trinajstić information content (AvgIpc) is 2.64. The second-order valence-corrected chi connectivity index (χ2v) is 8.32. The van der Waals surface area contributed by atoms with Crippen molar-refractivity contribution in [2.75, 3.05) is 19.8 Å². The first-order chi connectivity index (χ1) is 13.5. The second-order valence-electron chi connectivity index (χ2n) is 6.50. The van der Waals surface area contributed by atoms with E-state index in [1.807, 2.05) is 0 Å². The van der Waals surface area contributed by atoms with Crippen molar-refractivity contribution < 1.29 is 19.0 Å². The van der Waals surface area contributed by atoms with Gasteiger partial charge in [0.15, 0.2) is 11.5 Å². The lowest BCUT2D eigenvalue weighted by Crippen LogP contribution is -2.27. The van der Waals surface area contributed by atoms with E-state index in [0.717, 1.165) is 38.5 Å². The van der Waals surface area contributed by atoms with Gasteiger partial charge in [-0.25, -0.2) is 0 Å². The van der Waals surface area contributed by atoms with Crippen molar-refractivity contribution in [3.8, 4) is 11.5 Å². The molecule has 8 heteroatoms. The van der Waals surface area contributed by atoms with E-state index in [1.54, 1.807) is 12.1 Å². The molecular formula is C20H24Cl4O4. The highest BCUT2D eigenvalue weighted by Crippen LogP contribution is 2.37. The van der Waals surface area contributed by atoms with Gasteiger partial charge >= 0.3 is 0 Å². The fraction of sp³-hybridized carbons (Fsp3) is 0.550. The van der Waals surface area contributed by atoms with Gasteiger partial charge in [0.2, 0.25) is 0 Å². The first-order valence-electron chi connectivity index (χ1n) is 9.37. The topological polar surface area (TPSA) is 44.8 Å². The molecule has 1 saturated carbocycles. The molecule has 28 heavy (non-hydrogen) atoms. The van der Waals surface area contributed by atoms with Crippen LogP contribution in [0.5, 0.6) is 11.5 Å². The molecule has 0 heterocycles. The molecule has 1 aliphatic carbocycles. The predicted molar refractivity (Wildman–Crippen MR) is 114 cm³/mol. The van der Waals surface area contributed by atoms with Crippen molar-refractivity contribution >= 4 is 52.2 Å². The summed E-state index contributed by atoms with van der Waals surface area (Å²) in [6.45, 7) is 1.31. The Balaban J connectivity index is 1.65. The number of hydrogen-bond acceptors (Lipinski definition) is 4. The number of ketones is 1. The fourth-order valence-corrected chi connectivity index (χ4v) is 3.57. The summed E-state index contributed by atoms with van der Waals surface area (Å²) in [6, 6.07) is 3.27. The van der Waals surface area contributed by atoms with Crippen molar-refractivity contribution in [1.82, 2.24) is 0 Å². The van der Waals surface area contributed by atoms with E-state index in [2.05, 4.69) is 0 Å². The predicted octanol–water partition coefficient (Wildman–Crippen LogP) is 6.77. The summed E-state index contributed by atoms with van der Waals surface area (Å²) in [4.78, 5) is 11.7. The molecule has 1 fully saturated rings. The maximum atomic E-state index is 11.7. The van der Waals surface area contributed by atoms with Gasteiger partial charge in [0.25, 0.3) is 0 Å². The Hall–Kier alpha value is -0.650. The van der Waals surface area contributed by atoms with Gasteiger partial charge in [-0.1, -0.05) is 46.4 Å². The average molecular weight is 470 g/mol. The highest BCUT2D eigenvalue weighted by Gasteiger charge is 2.22. The number of rotatable bonds is 11. The first-order valence-corrected chi connectivity index (χ1v) is 10.9. The van der Waals surface area contributed by atoms with Crippen LogP contribution in [0.15, 0.2) is 22.7 Å². The van der Waals surface area contributed by atoms with Crippen LogP contribution in [0, 0.1) is 0 Å². The normalized spacial score (nSPS) is 16.7. The van der Waals surface area contributed by atoms with Gasteiger partial charge in [0.05, 0.1) is 16.7 Å². The third-order valence-corrected chi connectivity index (χ3v) is 5.18. The lowest BCUT2D eigenvalue weighted by molar-refractivity contribution is -0.133. The van der Waals surface area contributed by atoms with E-state index in [0.29, 0.717) is 41.2 Å². The molecule has 1 aromatic carbocycles. The summed E-state index contributed by atoms with van der Waals surface area (Å²) < 4.78 is 17.0. The summed E-state index contributed by atoms with van der Waals surface area (Å²) in [7, 11) is 0. The molecule has 0 aliphatic heterocycles. The molecule has 0 amide bonds. The summed E-state index contributed by atoms with van der Waals surface area (Å²) in [5.41, 5.74) is 0. The third-order valence-electron chi connectivity index (χ3n) is 4.31. The van der Waals surface area contributed by atoms with Crippen molar-refractivity contribution in [1.29, 1.82) is 0 Å². The second kappa shape index (κ2) is 12.8. The zero-order chi connectivity index (χ0) is 20.4. The van der Waals surface area contributed by atoms with Gasteiger partial charge in [-0.15, -0.1) is 0 Å². The Kier molecular flexibility index (Phi) is 10.8.